The monoisotopic (exact) mass is 442 g/mol. The number of hydrogen-bond donors (Lipinski definition) is 2. The maximum atomic E-state index is 12.5. The molecular formula is C21H32Cl2N4O2. The van der Waals surface area contributed by atoms with Gasteiger partial charge in [-0.2, -0.15) is 0 Å². The van der Waals surface area contributed by atoms with Gasteiger partial charge in [0, 0.05) is 50.9 Å². The molecule has 1 heterocycles. The highest BCUT2D eigenvalue weighted by Gasteiger charge is 2.48. The molecule has 3 aliphatic rings. The van der Waals surface area contributed by atoms with E-state index in [1.807, 2.05) is 23.1 Å². The number of nitrogens with zero attached hydrogens (tertiary/aromatic N) is 2. The SMILES string of the molecule is Cl.Cl.NC1C2CCC(C2)C1C(=O)NCCC(=O)N1CCN(c2ccccc2)CC1. The van der Waals surface area contributed by atoms with E-state index in [0.29, 0.717) is 24.8 Å². The second kappa shape index (κ2) is 10.5. The molecule has 1 aliphatic heterocycles. The van der Waals surface area contributed by atoms with Crippen molar-refractivity contribution in [1.82, 2.24) is 10.2 Å². The lowest BCUT2D eigenvalue weighted by molar-refractivity contribution is -0.131. The Bertz CT molecular complexity index is 681. The van der Waals surface area contributed by atoms with Crippen LogP contribution in [0.4, 0.5) is 5.69 Å². The van der Waals surface area contributed by atoms with Crippen molar-refractivity contribution in [3.05, 3.63) is 30.3 Å². The van der Waals surface area contributed by atoms with Crippen LogP contribution in [-0.2, 0) is 9.59 Å². The van der Waals surface area contributed by atoms with Crippen LogP contribution in [0.3, 0.4) is 0 Å². The van der Waals surface area contributed by atoms with E-state index in [4.69, 9.17) is 5.73 Å². The first kappa shape index (κ1) is 23.8. The Morgan fingerprint density at radius 2 is 1.66 bits per heavy atom. The molecule has 0 spiro atoms. The van der Waals surface area contributed by atoms with E-state index in [9.17, 15) is 9.59 Å². The molecule has 6 nitrogen and oxygen atoms in total. The number of benzene rings is 1. The highest BCUT2D eigenvalue weighted by Crippen LogP contribution is 2.47. The number of amides is 2. The van der Waals surface area contributed by atoms with Gasteiger partial charge in [-0.1, -0.05) is 18.2 Å². The van der Waals surface area contributed by atoms with E-state index in [1.165, 1.54) is 12.1 Å². The summed E-state index contributed by atoms with van der Waals surface area (Å²) < 4.78 is 0. The van der Waals surface area contributed by atoms with Crippen molar-refractivity contribution in [2.75, 3.05) is 37.6 Å². The van der Waals surface area contributed by atoms with Crippen molar-refractivity contribution in [3.63, 3.8) is 0 Å². The second-order valence-electron chi connectivity index (χ2n) is 8.18. The quantitative estimate of drug-likeness (QED) is 0.731. The largest absolute Gasteiger partial charge is 0.368 e. The summed E-state index contributed by atoms with van der Waals surface area (Å²) in [6.07, 6.45) is 3.77. The van der Waals surface area contributed by atoms with Gasteiger partial charge in [0.05, 0.1) is 5.92 Å². The van der Waals surface area contributed by atoms with Crippen LogP contribution in [0.15, 0.2) is 30.3 Å². The Morgan fingerprint density at radius 1 is 1.00 bits per heavy atom. The van der Waals surface area contributed by atoms with Gasteiger partial charge < -0.3 is 20.9 Å². The van der Waals surface area contributed by atoms with Gasteiger partial charge in [-0.25, -0.2) is 0 Å². The zero-order chi connectivity index (χ0) is 18.8. The maximum absolute atomic E-state index is 12.5. The number of halogens is 2. The molecule has 1 aromatic rings. The molecule has 4 atom stereocenters. The summed E-state index contributed by atoms with van der Waals surface area (Å²) in [5.41, 5.74) is 7.44. The summed E-state index contributed by atoms with van der Waals surface area (Å²) in [6, 6.07) is 10.3. The van der Waals surface area contributed by atoms with Crippen LogP contribution in [0.5, 0.6) is 0 Å². The van der Waals surface area contributed by atoms with E-state index in [0.717, 1.165) is 39.0 Å². The van der Waals surface area contributed by atoms with Crippen LogP contribution in [0, 0.1) is 17.8 Å². The fraction of sp³-hybridized carbons (Fsp3) is 0.619. The molecule has 1 saturated heterocycles. The zero-order valence-electron chi connectivity index (χ0n) is 16.7. The lowest BCUT2D eigenvalue weighted by Gasteiger charge is -2.36. The Hall–Kier alpha value is -1.50. The van der Waals surface area contributed by atoms with Crippen LogP contribution in [0.1, 0.15) is 25.7 Å². The topological polar surface area (TPSA) is 78.7 Å². The number of para-hydroxylation sites is 1. The average molecular weight is 443 g/mol. The molecule has 4 rings (SSSR count). The smallest absolute Gasteiger partial charge is 0.224 e. The molecule has 0 aromatic heterocycles. The average Bonchev–Trinajstić information content (AvgIpc) is 3.30. The van der Waals surface area contributed by atoms with E-state index in [1.54, 1.807) is 0 Å². The zero-order valence-corrected chi connectivity index (χ0v) is 18.3. The predicted molar refractivity (Wildman–Crippen MR) is 120 cm³/mol. The Morgan fingerprint density at radius 3 is 2.28 bits per heavy atom. The minimum atomic E-state index is -0.0479. The van der Waals surface area contributed by atoms with E-state index < -0.39 is 0 Å². The number of nitrogens with one attached hydrogen (secondary N) is 1. The lowest BCUT2D eigenvalue weighted by Crippen LogP contribution is -2.49. The first-order chi connectivity index (χ1) is 13.1. The highest BCUT2D eigenvalue weighted by molar-refractivity contribution is 5.85. The second-order valence-corrected chi connectivity index (χ2v) is 8.18. The first-order valence-corrected chi connectivity index (χ1v) is 10.2. The summed E-state index contributed by atoms with van der Waals surface area (Å²) in [4.78, 5) is 29.2. The summed E-state index contributed by atoms with van der Waals surface area (Å²) in [6.45, 7) is 3.58. The van der Waals surface area contributed by atoms with Crippen molar-refractivity contribution in [1.29, 1.82) is 0 Å². The minimum absolute atomic E-state index is 0. The molecule has 3 fully saturated rings. The number of carbonyl (C=O) groups excluding carboxylic acids is 2. The van der Waals surface area contributed by atoms with Crippen LogP contribution >= 0.6 is 24.8 Å². The number of carbonyl (C=O) groups is 2. The molecule has 2 amide bonds. The van der Waals surface area contributed by atoms with Crippen LogP contribution in [-0.4, -0.2) is 55.5 Å². The molecule has 0 radical (unpaired) electrons. The minimum Gasteiger partial charge on any atom is -0.368 e. The molecule has 29 heavy (non-hydrogen) atoms. The molecule has 2 saturated carbocycles. The van der Waals surface area contributed by atoms with Crippen molar-refractivity contribution in [2.24, 2.45) is 23.5 Å². The van der Waals surface area contributed by atoms with E-state index in [-0.39, 0.29) is 48.6 Å². The Balaban J connectivity index is 0.00000150. The molecular weight excluding hydrogens is 411 g/mol. The van der Waals surface area contributed by atoms with Crippen molar-refractivity contribution in [3.8, 4) is 0 Å². The standard InChI is InChI=1S/C21H30N4O2.2ClH/c22-20-16-7-6-15(14-16)19(20)21(27)23-9-8-18(26)25-12-10-24(11-13-25)17-4-2-1-3-5-17;;/h1-5,15-16,19-20H,6-14,22H2,(H,23,27);2*1H. The van der Waals surface area contributed by atoms with E-state index >= 15 is 0 Å². The molecule has 2 bridgehead atoms. The highest BCUT2D eigenvalue weighted by atomic mass is 35.5. The predicted octanol–water partition coefficient (Wildman–Crippen LogP) is 2.06. The van der Waals surface area contributed by atoms with Gasteiger partial charge >= 0.3 is 0 Å². The van der Waals surface area contributed by atoms with Gasteiger partial charge in [0.2, 0.25) is 11.8 Å². The van der Waals surface area contributed by atoms with Crippen molar-refractivity contribution >= 4 is 42.3 Å². The van der Waals surface area contributed by atoms with Crippen molar-refractivity contribution < 1.29 is 9.59 Å². The number of hydrogen-bond acceptors (Lipinski definition) is 4. The van der Waals surface area contributed by atoms with Gasteiger partial charge in [-0.05, 0) is 43.2 Å². The summed E-state index contributed by atoms with van der Waals surface area (Å²) in [5, 5.41) is 2.97. The lowest BCUT2D eigenvalue weighted by atomic mass is 9.84. The van der Waals surface area contributed by atoms with Crippen LogP contribution in [0.2, 0.25) is 0 Å². The molecule has 3 N–H and O–H groups in total. The first-order valence-electron chi connectivity index (χ1n) is 10.2. The van der Waals surface area contributed by atoms with Gasteiger partial charge in [-0.15, -0.1) is 24.8 Å². The van der Waals surface area contributed by atoms with Crippen molar-refractivity contribution in [2.45, 2.75) is 31.7 Å². The van der Waals surface area contributed by atoms with Gasteiger partial charge in [0.1, 0.15) is 0 Å². The molecule has 2 aliphatic carbocycles. The number of piperazine rings is 1. The number of rotatable bonds is 5. The fourth-order valence-corrected chi connectivity index (χ4v) is 5.15. The van der Waals surface area contributed by atoms with Crippen LogP contribution < -0.4 is 16.0 Å². The summed E-state index contributed by atoms with van der Waals surface area (Å²) in [5.74, 6) is 1.10. The third-order valence-corrected chi connectivity index (χ3v) is 6.68. The molecule has 1 aromatic carbocycles. The fourth-order valence-electron chi connectivity index (χ4n) is 5.15. The third-order valence-electron chi connectivity index (χ3n) is 6.68. The molecule has 8 heteroatoms. The molecule has 4 unspecified atom stereocenters. The summed E-state index contributed by atoms with van der Waals surface area (Å²) in [7, 11) is 0. The number of anilines is 1. The maximum Gasteiger partial charge on any atom is 0.224 e. The number of fused-ring (bicyclic) bond motifs is 2. The normalized spacial score (nSPS) is 27.8. The van der Waals surface area contributed by atoms with Gasteiger partial charge in [0.25, 0.3) is 0 Å². The Labute approximate surface area is 185 Å². The van der Waals surface area contributed by atoms with E-state index in [2.05, 4.69) is 22.3 Å². The van der Waals surface area contributed by atoms with Gasteiger partial charge in [0.15, 0.2) is 0 Å². The summed E-state index contributed by atoms with van der Waals surface area (Å²) >= 11 is 0. The molecule has 162 valence electrons. The third kappa shape index (κ3) is 5.16. The van der Waals surface area contributed by atoms with Gasteiger partial charge in [-0.3, -0.25) is 9.59 Å². The number of nitrogens with two attached hydrogens (primary N) is 1. The van der Waals surface area contributed by atoms with Crippen LogP contribution in [0.25, 0.3) is 0 Å². The Kier molecular flexibility index (Phi) is 8.61.